The second-order valence-corrected chi connectivity index (χ2v) is 3.06. The number of aromatic nitrogens is 3. The summed E-state index contributed by atoms with van der Waals surface area (Å²) in [7, 11) is 0. The van der Waals surface area contributed by atoms with Gasteiger partial charge < -0.3 is 5.73 Å². The van der Waals surface area contributed by atoms with Crippen LogP contribution in [0.2, 0.25) is 0 Å². The predicted molar refractivity (Wildman–Crippen MR) is 47.4 cm³/mol. The zero-order chi connectivity index (χ0) is 8.65. The molecule has 4 heteroatoms. The smallest absolute Gasteiger partial charge is 0.0690 e. The van der Waals surface area contributed by atoms with Gasteiger partial charge in [0.25, 0.3) is 0 Å². The highest BCUT2D eigenvalue weighted by molar-refractivity contribution is 4.66. The third kappa shape index (κ3) is 4.08. The molecule has 12 heavy (non-hydrogen) atoms. The number of nitrogens with one attached hydrogen (secondary N) is 1. The average molecular weight is 168 g/mol. The summed E-state index contributed by atoms with van der Waals surface area (Å²) in [4.78, 5) is 0. The Kier molecular flexibility index (Phi) is 4.37. The molecular weight excluding hydrogens is 152 g/mol. The van der Waals surface area contributed by atoms with Crippen molar-refractivity contribution in [3.63, 3.8) is 0 Å². The number of nitrogens with two attached hydrogens (primary N) is 1. The molecule has 3 N–H and O–H groups in total. The number of aromatic amines is 1. The molecule has 1 aliphatic rings. The second kappa shape index (κ2) is 5.71. The molecule has 1 saturated carbocycles. The van der Waals surface area contributed by atoms with Gasteiger partial charge in [-0.1, -0.05) is 24.5 Å². The van der Waals surface area contributed by atoms with E-state index in [9.17, 15) is 0 Å². The summed E-state index contributed by atoms with van der Waals surface area (Å²) in [6.45, 7) is 0. The molecule has 1 heterocycles. The zero-order valence-corrected chi connectivity index (χ0v) is 7.24. The number of nitrogens with zero attached hydrogens (tertiary/aromatic N) is 2. The molecule has 1 aliphatic carbocycles. The van der Waals surface area contributed by atoms with Crippen LogP contribution in [0, 0.1) is 0 Å². The quantitative estimate of drug-likeness (QED) is 0.609. The molecule has 68 valence electrons. The van der Waals surface area contributed by atoms with Crippen LogP contribution in [-0.4, -0.2) is 21.5 Å². The molecule has 4 nitrogen and oxygen atoms in total. The molecule has 0 radical (unpaired) electrons. The van der Waals surface area contributed by atoms with E-state index < -0.39 is 0 Å². The largest absolute Gasteiger partial charge is 0.328 e. The Hall–Kier alpha value is -0.900. The van der Waals surface area contributed by atoms with Gasteiger partial charge in [-0.3, -0.25) is 5.10 Å². The van der Waals surface area contributed by atoms with Crippen LogP contribution in [0.3, 0.4) is 0 Å². The molecule has 1 aromatic rings. The monoisotopic (exact) mass is 168 g/mol. The van der Waals surface area contributed by atoms with E-state index in [2.05, 4.69) is 15.4 Å². The van der Waals surface area contributed by atoms with Crippen LogP contribution in [0.25, 0.3) is 0 Å². The van der Waals surface area contributed by atoms with Crippen molar-refractivity contribution in [2.75, 3.05) is 0 Å². The fraction of sp³-hybridized carbons (Fsp3) is 0.750. The summed E-state index contributed by atoms with van der Waals surface area (Å²) in [5.74, 6) is 0. The Morgan fingerprint density at radius 1 is 1.25 bits per heavy atom. The minimum atomic E-state index is 0.536. The molecule has 0 spiro atoms. The summed E-state index contributed by atoms with van der Waals surface area (Å²) in [6, 6.07) is 0.536. The Bertz CT molecular complexity index is 150. The fourth-order valence-electron chi connectivity index (χ4n) is 1.30. The van der Waals surface area contributed by atoms with E-state index in [-0.39, 0.29) is 0 Å². The minimum absolute atomic E-state index is 0.536. The topological polar surface area (TPSA) is 67.6 Å². The van der Waals surface area contributed by atoms with Gasteiger partial charge >= 0.3 is 0 Å². The lowest BCUT2D eigenvalue weighted by Crippen LogP contribution is -2.22. The number of rotatable bonds is 0. The Morgan fingerprint density at radius 3 is 2.25 bits per heavy atom. The maximum Gasteiger partial charge on any atom is 0.0690 e. The highest BCUT2D eigenvalue weighted by Gasteiger charge is 2.06. The Balaban J connectivity index is 0.000000127. The van der Waals surface area contributed by atoms with E-state index in [0.29, 0.717) is 6.04 Å². The third-order valence-corrected chi connectivity index (χ3v) is 1.98. The molecule has 2 rings (SSSR count). The van der Waals surface area contributed by atoms with Gasteiger partial charge in [0, 0.05) is 12.2 Å². The zero-order valence-electron chi connectivity index (χ0n) is 7.24. The van der Waals surface area contributed by atoms with Crippen LogP contribution < -0.4 is 5.73 Å². The van der Waals surface area contributed by atoms with Gasteiger partial charge in [-0.25, -0.2) is 0 Å². The molecular formula is C8H16N4. The van der Waals surface area contributed by atoms with Crippen LogP contribution in [0.1, 0.15) is 32.1 Å². The Morgan fingerprint density at radius 2 is 2.00 bits per heavy atom. The summed E-state index contributed by atoms with van der Waals surface area (Å²) in [5.41, 5.74) is 5.63. The van der Waals surface area contributed by atoms with E-state index in [1.807, 2.05) is 0 Å². The van der Waals surface area contributed by atoms with Gasteiger partial charge in [0.1, 0.15) is 0 Å². The van der Waals surface area contributed by atoms with Crippen molar-refractivity contribution in [3.05, 3.63) is 12.4 Å². The Labute approximate surface area is 72.5 Å². The lowest BCUT2D eigenvalue weighted by atomic mass is 9.97. The van der Waals surface area contributed by atoms with E-state index >= 15 is 0 Å². The first-order chi connectivity index (χ1) is 5.89. The maximum atomic E-state index is 5.63. The van der Waals surface area contributed by atoms with Crippen LogP contribution in [0.5, 0.6) is 0 Å². The summed E-state index contributed by atoms with van der Waals surface area (Å²) < 4.78 is 0. The summed E-state index contributed by atoms with van der Waals surface area (Å²) in [5, 5.41) is 9.26. The van der Waals surface area contributed by atoms with Gasteiger partial charge in [-0.15, -0.1) is 5.10 Å². The first-order valence-corrected chi connectivity index (χ1v) is 4.45. The van der Waals surface area contributed by atoms with Crippen molar-refractivity contribution in [1.29, 1.82) is 0 Å². The summed E-state index contributed by atoms with van der Waals surface area (Å²) >= 11 is 0. The van der Waals surface area contributed by atoms with Gasteiger partial charge in [0.05, 0.1) is 6.20 Å². The van der Waals surface area contributed by atoms with Crippen molar-refractivity contribution < 1.29 is 0 Å². The van der Waals surface area contributed by atoms with Gasteiger partial charge in [-0.05, 0) is 12.8 Å². The molecule has 0 aliphatic heterocycles. The van der Waals surface area contributed by atoms with Crippen molar-refractivity contribution in [1.82, 2.24) is 15.4 Å². The van der Waals surface area contributed by atoms with Crippen molar-refractivity contribution in [3.8, 4) is 0 Å². The molecule has 1 aromatic heterocycles. The molecule has 0 saturated heterocycles. The molecule has 0 unspecified atom stereocenters. The van der Waals surface area contributed by atoms with E-state index in [1.165, 1.54) is 32.1 Å². The summed E-state index contributed by atoms with van der Waals surface area (Å²) in [6.07, 6.45) is 9.90. The van der Waals surface area contributed by atoms with Crippen LogP contribution in [0.4, 0.5) is 0 Å². The van der Waals surface area contributed by atoms with Gasteiger partial charge in [0.15, 0.2) is 0 Å². The number of hydrogen-bond donors (Lipinski definition) is 2. The lowest BCUT2D eigenvalue weighted by Gasteiger charge is -2.15. The van der Waals surface area contributed by atoms with Crippen molar-refractivity contribution in [2.24, 2.45) is 5.73 Å². The van der Waals surface area contributed by atoms with Crippen LogP contribution in [-0.2, 0) is 0 Å². The fourth-order valence-corrected chi connectivity index (χ4v) is 1.30. The molecule has 0 aromatic carbocycles. The average Bonchev–Trinajstić information content (AvgIpc) is 2.62. The highest BCUT2D eigenvalue weighted by atomic mass is 15.3. The number of hydrogen-bond acceptors (Lipinski definition) is 3. The lowest BCUT2D eigenvalue weighted by molar-refractivity contribution is 0.441. The van der Waals surface area contributed by atoms with E-state index in [4.69, 9.17) is 5.73 Å². The maximum absolute atomic E-state index is 5.63. The first-order valence-electron chi connectivity index (χ1n) is 4.45. The van der Waals surface area contributed by atoms with Crippen LogP contribution >= 0.6 is 0 Å². The van der Waals surface area contributed by atoms with Crippen molar-refractivity contribution in [2.45, 2.75) is 38.1 Å². The number of H-pyrrole nitrogens is 1. The van der Waals surface area contributed by atoms with Crippen LogP contribution in [0.15, 0.2) is 12.4 Å². The molecule has 0 atom stereocenters. The standard InChI is InChI=1S/C6H13N.C2H3N3/c7-6-4-2-1-3-5-6;1-2-4-5-3-1/h6H,1-5,7H2;1-2H,(H,3,4,5). The SMILES string of the molecule is NC1CCCCC1.c1c[nH]nn1. The third-order valence-electron chi connectivity index (χ3n) is 1.98. The van der Waals surface area contributed by atoms with E-state index in [0.717, 1.165) is 0 Å². The van der Waals surface area contributed by atoms with Crippen molar-refractivity contribution >= 4 is 0 Å². The normalized spacial score (nSPS) is 18.1. The molecule has 0 amide bonds. The van der Waals surface area contributed by atoms with Gasteiger partial charge in [-0.2, -0.15) is 0 Å². The highest BCUT2D eigenvalue weighted by Crippen LogP contribution is 2.14. The second-order valence-electron chi connectivity index (χ2n) is 3.06. The van der Waals surface area contributed by atoms with E-state index in [1.54, 1.807) is 12.4 Å². The molecule has 0 bridgehead atoms. The molecule has 1 fully saturated rings. The minimum Gasteiger partial charge on any atom is -0.328 e. The van der Waals surface area contributed by atoms with Gasteiger partial charge in [0.2, 0.25) is 0 Å². The first kappa shape index (κ1) is 9.19. The predicted octanol–water partition coefficient (Wildman–Crippen LogP) is 1.08.